The molecule has 1 unspecified atom stereocenters. The highest BCUT2D eigenvalue weighted by Gasteiger charge is 2.37. The van der Waals surface area contributed by atoms with E-state index in [-0.39, 0.29) is 18.7 Å². The third-order valence-corrected chi connectivity index (χ3v) is 6.66. The highest BCUT2D eigenvalue weighted by atomic mass is 16.7. The van der Waals surface area contributed by atoms with E-state index in [0.29, 0.717) is 35.2 Å². The third kappa shape index (κ3) is 4.12. The zero-order valence-corrected chi connectivity index (χ0v) is 20.4. The second-order valence-electron chi connectivity index (χ2n) is 8.85. The molecule has 37 heavy (non-hydrogen) atoms. The van der Waals surface area contributed by atoms with Crippen molar-refractivity contribution in [1.82, 2.24) is 35.4 Å². The summed E-state index contributed by atoms with van der Waals surface area (Å²) in [5.74, 6) is 2.37. The number of likely N-dealkylation sites (N-methyl/N-ethyl adjacent to an activating group) is 1. The molecule has 0 saturated carbocycles. The number of aromatic nitrogens is 5. The number of hydrogen-bond acceptors (Lipinski definition) is 9. The van der Waals surface area contributed by atoms with Crippen LogP contribution in [0.1, 0.15) is 39.0 Å². The lowest BCUT2D eigenvalue weighted by Crippen LogP contribution is -2.35. The van der Waals surface area contributed by atoms with Crippen molar-refractivity contribution in [3.8, 4) is 22.9 Å². The number of methoxy groups -OCH3 is 1. The molecule has 0 bridgehead atoms. The first kappa shape index (κ1) is 22.9. The Morgan fingerprint density at radius 3 is 2.84 bits per heavy atom. The van der Waals surface area contributed by atoms with Crippen molar-refractivity contribution in [2.45, 2.75) is 19.0 Å². The fourth-order valence-electron chi connectivity index (χ4n) is 4.84. The molecule has 11 heteroatoms. The minimum Gasteiger partial charge on any atom is -0.492 e. The molecule has 2 aromatic heterocycles. The van der Waals surface area contributed by atoms with Crippen molar-refractivity contribution in [3.63, 3.8) is 0 Å². The molecular weight excluding hydrogens is 474 g/mol. The standard InChI is InChI=1S/C26H25N7O4/c1-32-12-10-17-13-20-23(37-15-36-20)24(35-2)21(17)22(32)25-29-30-31-33(25)19-8-6-16(7-9-19)26(34)28-14-18-5-3-4-11-27-18/h3-9,11,13,22H,10,12,14-15H2,1-2H3,(H,28,34). The summed E-state index contributed by atoms with van der Waals surface area (Å²) in [6.45, 7) is 1.32. The molecule has 2 aliphatic heterocycles. The van der Waals surface area contributed by atoms with Gasteiger partial charge in [0.05, 0.1) is 25.0 Å². The smallest absolute Gasteiger partial charge is 0.251 e. The number of amides is 1. The molecular formula is C26H25N7O4. The average molecular weight is 500 g/mol. The number of pyridine rings is 1. The number of hydrogen-bond donors (Lipinski definition) is 1. The van der Waals surface area contributed by atoms with Gasteiger partial charge >= 0.3 is 0 Å². The number of tetrazole rings is 1. The summed E-state index contributed by atoms with van der Waals surface area (Å²) >= 11 is 0. The zero-order valence-electron chi connectivity index (χ0n) is 20.4. The molecule has 2 aromatic carbocycles. The van der Waals surface area contributed by atoms with Crippen molar-refractivity contribution in [3.05, 3.63) is 82.9 Å². The summed E-state index contributed by atoms with van der Waals surface area (Å²) in [6, 6.07) is 14.5. The Labute approximate surface area is 213 Å². The van der Waals surface area contributed by atoms with Gasteiger partial charge < -0.3 is 19.5 Å². The molecule has 0 spiro atoms. The largest absolute Gasteiger partial charge is 0.492 e. The van der Waals surface area contributed by atoms with Crippen LogP contribution in [0.15, 0.2) is 54.7 Å². The second kappa shape index (κ2) is 9.51. The maximum atomic E-state index is 12.6. The maximum Gasteiger partial charge on any atom is 0.251 e. The van der Waals surface area contributed by atoms with Crippen LogP contribution in [0.3, 0.4) is 0 Å². The number of nitrogens with one attached hydrogen (secondary N) is 1. The topological polar surface area (TPSA) is 117 Å². The summed E-state index contributed by atoms with van der Waals surface area (Å²) in [4.78, 5) is 19.1. The molecule has 11 nitrogen and oxygen atoms in total. The van der Waals surface area contributed by atoms with Gasteiger partial charge in [0.2, 0.25) is 12.5 Å². The van der Waals surface area contributed by atoms with Crippen LogP contribution in [-0.2, 0) is 13.0 Å². The van der Waals surface area contributed by atoms with Gasteiger partial charge in [0.15, 0.2) is 17.3 Å². The SMILES string of the molecule is COc1c2c(cc3c1C(c1nnnn1-c1ccc(C(=O)NCc4ccccn4)cc1)N(C)CC3)OCO2. The molecule has 188 valence electrons. The fraction of sp³-hybridized carbons (Fsp3) is 0.269. The van der Waals surface area contributed by atoms with Crippen LogP contribution in [0.25, 0.3) is 5.69 Å². The highest BCUT2D eigenvalue weighted by Crippen LogP contribution is 2.50. The molecule has 0 aliphatic carbocycles. The average Bonchev–Trinajstić information content (AvgIpc) is 3.61. The van der Waals surface area contributed by atoms with Gasteiger partial charge in [-0.25, -0.2) is 0 Å². The first-order valence-electron chi connectivity index (χ1n) is 11.9. The van der Waals surface area contributed by atoms with Crippen LogP contribution >= 0.6 is 0 Å². The summed E-state index contributed by atoms with van der Waals surface area (Å²) in [6.07, 6.45) is 2.53. The normalized spacial score (nSPS) is 16.3. The lowest BCUT2D eigenvalue weighted by atomic mass is 9.90. The number of fused-ring (bicyclic) bond motifs is 2. The van der Waals surface area contributed by atoms with Crippen molar-refractivity contribution >= 4 is 5.91 Å². The van der Waals surface area contributed by atoms with Crippen molar-refractivity contribution < 1.29 is 19.0 Å². The maximum absolute atomic E-state index is 12.6. The molecule has 1 N–H and O–H groups in total. The Kier molecular flexibility index (Phi) is 5.89. The summed E-state index contributed by atoms with van der Waals surface area (Å²) in [5, 5.41) is 15.5. The highest BCUT2D eigenvalue weighted by molar-refractivity contribution is 5.94. The Morgan fingerprint density at radius 2 is 2.05 bits per heavy atom. The Hall–Kier alpha value is -4.51. The van der Waals surface area contributed by atoms with Crippen molar-refractivity contribution in [1.29, 1.82) is 0 Å². The van der Waals surface area contributed by atoms with Gasteiger partial charge in [0, 0.05) is 23.9 Å². The molecule has 0 fully saturated rings. The van der Waals surface area contributed by atoms with E-state index in [1.54, 1.807) is 30.1 Å². The van der Waals surface area contributed by atoms with Crippen LogP contribution in [0.5, 0.6) is 17.2 Å². The predicted molar refractivity (Wildman–Crippen MR) is 132 cm³/mol. The zero-order chi connectivity index (χ0) is 25.4. The molecule has 1 amide bonds. The Bertz CT molecular complexity index is 1440. The van der Waals surface area contributed by atoms with E-state index in [0.717, 1.165) is 35.5 Å². The molecule has 4 heterocycles. The van der Waals surface area contributed by atoms with E-state index < -0.39 is 0 Å². The van der Waals surface area contributed by atoms with Crippen LogP contribution in [-0.4, -0.2) is 63.5 Å². The van der Waals surface area contributed by atoms with Crippen LogP contribution in [0, 0.1) is 0 Å². The summed E-state index contributed by atoms with van der Waals surface area (Å²) < 4.78 is 18.9. The first-order valence-corrected chi connectivity index (χ1v) is 11.9. The van der Waals surface area contributed by atoms with Crippen LogP contribution < -0.4 is 19.5 Å². The van der Waals surface area contributed by atoms with Gasteiger partial charge in [-0.2, -0.15) is 4.68 Å². The fourth-order valence-corrected chi connectivity index (χ4v) is 4.84. The number of benzene rings is 2. The monoisotopic (exact) mass is 499 g/mol. The van der Waals surface area contributed by atoms with E-state index in [1.165, 1.54) is 0 Å². The minimum absolute atomic E-state index is 0.161. The molecule has 2 aliphatic rings. The third-order valence-electron chi connectivity index (χ3n) is 6.66. The van der Waals surface area contributed by atoms with E-state index in [4.69, 9.17) is 14.2 Å². The molecule has 6 rings (SSSR count). The number of rotatable bonds is 6. The lowest BCUT2D eigenvalue weighted by molar-refractivity contribution is 0.0950. The predicted octanol–water partition coefficient (Wildman–Crippen LogP) is 2.30. The second-order valence-corrected chi connectivity index (χ2v) is 8.85. The summed E-state index contributed by atoms with van der Waals surface area (Å²) in [5.41, 5.74) is 4.13. The van der Waals surface area contributed by atoms with E-state index >= 15 is 0 Å². The first-order chi connectivity index (χ1) is 18.1. The number of carbonyl (C=O) groups is 1. The van der Waals surface area contributed by atoms with Crippen molar-refractivity contribution in [2.24, 2.45) is 0 Å². The van der Waals surface area contributed by atoms with Gasteiger partial charge in [-0.1, -0.05) is 6.07 Å². The van der Waals surface area contributed by atoms with Crippen LogP contribution in [0.4, 0.5) is 0 Å². The van der Waals surface area contributed by atoms with Gasteiger partial charge in [-0.15, -0.1) is 5.10 Å². The molecule has 0 saturated heterocycles. The Morgan fingerprint density at radius 1 is 1.19 bits per heavy atom. The Balaban J connectivity index is 1.30. The van der Waals surface area contributed by atoms with Gasteiger partial charge in [0.25, 0.3) is 5.91 Å². The molecule has 0 radical (unpaired) electrons. The molecule has 1 atom stereocenters. The van der Waals surface area contributed by atoms with Gasteiger partial charge in [-0.3, -0.25) is 14.7 Å². The minimum atomic E-state index is -0.274. The van der Waals surface area contributed by atoms with E-state index in [2.05, 4.69) is 30.7 Å². The lowest BCUT2D eigenvalue weighted by Gasteiger charge is -2.34. The van der Waals surface area contributed by atoms with E-state index in [1.807, 2.05) is 43.4 Å². The van der Waals surface area contributed by atoms with Crippen molar-refractivity contribution in [2.75, 3.05) is 27.5 Å². The number of nitrogens with zero attached hydrogens (tertiary/aromatic N) is 6. The number of carbonyl (C=O) groups excluding carboxylic acids is 1. The van der Waals surface area contributed by atoms with Gasteiger partial charge in [0.1, 0.15) is 6.04 Å². The van der Waals surface area contributed by atoms with Crippen LogP contribution in [0.2, 0.25) is 0 Å². The number of ether oxygens (including phenoxy) is 3. The van der Waals surface area contributed by atoms with Gasteiger partial charge in [-0.05, 0) is 71.9 Å². The quantitative estimate of drug-likeness (QED) is 0.426. The summed E-state index contributed by atoms with van der Waals surface area (Å²) in [7, 11) is 3.66. The van der Waals surface area contributed by atoms with E-state index in [9.17, 15) is 4.79 Å². The molecule has 4 aromatic rings.